The molecule has 1 atom stereocenters. The second-order valence-electron chi connectivity index (χ2n) is 3.39. The van der Waals surface area contributed by atoms with Crippen LogP contribution >= 0.6 is 0 Å². The van der Waals surface area contributed by atoms with E-state index in [0.717, 1.165) is 11.4 Å². The van der Waals surface area contributed by atoms with Crippen LogP contribution in [0.1, 0.15) is 11.9 Å². The van der Waals surface area contributed by atoms with Crippen molar-refractivity contribution in [2.75, 3.05) is 19.8 Å². The van der Waals surface area contributed by atoms with Crippen LogP contribution in [0, 0.1) is 0 Å². The largest absolute Gasteiger partial charge is 0.492 e. The molecule has 1 fully saturated rings. The Hall–Kier alpha value is -1.68. The summed E-state index contributed by atoms with van der Waals surface area (Å²) in [5.41, 5.74) is 0. The highest BCUT2D eigenvalue weighted by molar-refractivity contribution is 5.75. The van der Waals surface area contributed by atoms with Crippen LogP contribution in [0.4, 0.5) is 13.2 Å². The van der Waals surface area contributed by atoms with Gasteiger partial charge in [-0.05, 0) is 0 Å². The van der Waals surface area contributed by atoms with Gasteiger partial charge in [0, 0.05) is 0 Å². The van der Waals surface area contributed by atoms with Crippen molar-refractivity contribution in [1.29, 1.82) is 0 Å². The topological polar surface area (TPSA) is 77.7 Å². The van der Waals surface area contributed by atoms with Crippen molar-refractivity contribution in [1.82, 2.24) is 15.2 Å². The van der Waals surface area contributed by atoms with Crippen LogP contribution in [0.2, 0.25) is 0 Å². The minimum Gasteiger partial charge on any atom is -0.378 e. The van der Waals surface area contributed by atoms with E-state index in [1.165, 1.54) is 0 Å². The van der Waals surface area contributed by atoms with E-state index in [4.69, 9.17) is 9.26 Å². The molecule has 1 unspecified atom stereocenters. The third-order valence-electron chi connectivity index (χ3n) is 2.17. The molecule has 0 amide bonds. The van der Waals surface area contributed by atoms with Crippen molar-refractivity contribution < 1.29 is 32.1 Å². The zero-order valence-corrected chi connectivity index (χ0v) is 8.88. The molecule has 0 saturated carbocycles. The van der Waals surface area contributed by atoms with E-state index in [-0.39, 0.29) is 25.6 Å². The van der Waals surface area contributed by atoms with Gasteiger partial charge >= 0.3 is 12.1 Å². The molecular weight excluding hydrogens is 259 g/mol. The molecule has 2 heterocycles. The number of hydrogen-bond acceptors (Lipinski definition) is 7. The molecule has 2 rings (SSSR count). The molecule has 18 heavy (non-hydrogen) atoms. The molecule has 1 aliphatic heterocycles. The van der Waals surface area contributed by atoms with Crippen molar-refractivity contribution in [3.63, 3.8) is 0 Å². The van der Waals surface area contributed by atoms with E-state index in [1.807, 2.05) is 0 Å². The molecule has 1 aliphatic rings. The lowest BCUT2D eigenvalue weighted by atomic mass is 10.3. The molecule has 0 bridgehead atoms. The van der Waals surface area contributed by atoms with E-state index in [2.05, 4.69) is 15.0 Å². The number of halogens is 3. The second-order valence-corrected chi connectivity index (χ2v) is 3.39. The Bertz CT molecular complexity index is 408. The molecule has 1 aromatic rings. The number of nitrogens with zero attached hydrogens (tertiary/aromatic N) is 3. The number of hydroxylamine groups is 2. The predicted octanol–water partition coefficient (Wildman–Crippen LogP) is 0.463. The minimum atomic E-state index is -5.06. The summed E-state index contributed by atoms with van der Waals surface area (Å²) >= 11 is 0. The Morgan fingerprint density at radius 3 is 2.94 bits per heavy atom. The maximum Gasteiger partial charge on any atom is 0.492 e. The summed E-state index contributed by atoms with van der Waals surface area (Å²) in [5, 5.41) is 4.15. The average Bonchev–Trinajstić information content (AvgIpc) is 2.82. The summed E-state index contributed by atoms with van der Waals surface area (Å²) in [5.74, 6) is -2.28. The van der Waals surface area contributed by atoms with Crippen LogP contribution in [-0.4, -0.2) is 47.1 Å². The molecule has 10 heteroatoms. The van der Waals surface area contributed by atoms with E-state index < -0.39 is 18.2 Å². The monoisotopic (exact) mass is 267 g/mol. The lowest BCUT2D eigenvalue weighted by molar-refractivity contribution is -0.262. The molecule has 100 valence electrons. The van der Waals surface area contributed by atoms with Crippen molar-refractivity contribution >= 4 is 5.97 Å². The first-order valence-electron chi connectivity index (χ1n) is 4.88. The van der Waals surface area contributed by atoms with Crippen LogP contribution in [0.15, 0.2) is 10.9 Å². The molecule has 0 aliphatic carbocycles. The first kappa shape index (κ1) is 12.8. The number of aromatic nitrogens is 2. The SMILES string of the molecule is O=C(ON1CCOCC1c1ncno1)C(F)(F)F. The van der Waals surface area contributed by atoms with E-state index >= 15 is 0 Å². The fraction of sp³-hybridized carbons (Fsp3) is 0.625. The molecule has 1 aromatic heterocycles. The van der Waals surface area contributed by atoms with Crippen molar-refractivity contribution in [3.05, 3.63) is 12.2 Å². The first-order valence-corrected chi connectivity index (χ1v) is 4.88. The van der Waals surface area contributed by atoms with Crippen molar-refractivity contribution in [2.45, 2.75) is 12.2 Å². The summed E-state index contributed by atoms with van der Waals surface area (Å²) < 4.78 is 46.0. The maximum atomic E-state index is 12.1. The molecular formula is C8H8F3N3O4. The van der Waals surface area contributed by atoms with Gasteiger partial charge in [-0.2, -0.15) is 18.2 Å². The van der Waals surface area contributed by atoms with Gasteiger partial charge in [0.15, 0.2) is 6.33 Å². The van der Waals surface area contributed by atoms with Crippen molar-refractivity contribution in [3.8, 4) is 0 Å². The number of alkyl halides is 3. The van der Waals surface area contributed by atoms with Crippen LogP contribution in [-0.2, 0) is 14.4 Å². The number of carbonyl (C=O) groups excluding carboxylic acids is 1. The van der Waals surface area contributed by atoms with Gasteiger partial charge in [-0.3, -0.25) is 0 Å². The van der Waals surface area contributed by atoms with Crippen molar-refractivity contribution in [2.24, 2.45) is 0 Å². The average molecular weight is 267 g/mol. The zero-order chi connectivity index (χ0) is 13.2. The van der Waals surface area contributed by atoms with Gasteiger partial charge in [0.25, 0.3) is 0 Å². The van der Waals surface area contributed by atoms with Crippen LogP contribution in [0.5, 0.6) is 0 Å². The van der Waals surface area contributed by atoms with E-state index in [9.17, 15) is 18.0 Å². The lowest BCUT2D eigenvalue weighted by Crippen LogP contribution is -2.43. The van der Waals surface area contributed by atoms with Gasteiger partial charge in [0.1, 0.15) is 6.04 Å². The Morgan fingerprint density at radius 2 is 2.33 bits per heavy atom. The third kappa shape index (κ3) is 2.76. The molecule has 7 nitrogen and oxygen atoms in total. The second kappa shape index (κ2) is 4.90. The highest BCUT2D eigenvalue weighted by atomic mass is 19.4. The number of carbonyl (C=O) groups is 1. The number of ether oxygens (including phenoxy) is 1. The van der Waals surface area contributed by atoms with Crippen LogP contribution in [0.25, 0.3) is 0 Å². The minimum absolute atomic E-state index is 0.00662. The third-order valence-corrected chi connectivity index (χ3v) is 2.17. The van der Waals surface area contributed by atoms with Gasteiger partial charge in [-0.1, -0.05) is 5.16 Å². The standard InChI is InChI=1S/C8H8F3N3O4/c9-8(10,11)7(15)18-14-1-2-16-3-5(14)6-12-4-13-17-6/h4-5H,1-3H2. The molecule has 1 saturated heterocycles. The van der Waals surface area contributed by atoms with Gasteiger partial charge < -0.3 is 14.1 Å². The smallest absolute Gasteiger partial charge is 0.378 e. The van der Waals surface area contributed by atoms with Gasteiger partial charge in [0.2, 0.25) is 5.89 Å². The number of rotatable bonds is 2. The highest BCUT2D eigenvalue weighted by Crippen LogP contribution is 2.25. The normalized spacial score (nSPS) is 21.8. The van der Waals surface area contributed by atoms with Gasteiger partial charge in [-0.25, -0.2) is 4.79 Å². The molecule has 0 spiro atoms. The Morgan fingerprint density at radius 1 is 1.56 bits per heavy atom. The fourth-order valence-corrected chi connectivity index (χ4v) is 1.38. The molecule has 0 aromatic carbocycles. The lowest BCUT2D eigenvalue weighted by Gasteiger charge is -2.31. The summed E-state index contributed by atoms with van der Waals surface area (Å²) in [7, 11) is 0. The Kier molecular flexibility index (Phi) is 3.48. The highest BCUT2D eigenvalue weighted by Gasteiger charge is 2.44. The van der Waals surface area contributed by atoms with E-state index in [1.54, 1.807) is 0 Å². The maximum absolute atomic E-state index is 12.1. The number of morpholine rings is 1. The van der Waals surface area contributed by atoms with Crippen LogP contribution in [0.3, 0.4) is 0 Å². The molecule has 0 radical (unpaired) electrons. The first-order chi connectivity index (χ1) is 8.48. The summed E-state index contributed by atoms with van der Waals surface area (Å²) in [4.78, 5) is 18.7. The Balaban J connectivity index is 2.07. The summed E-state index contributed by atoms with van der Waals surface area (Å²) in [6.45, 7) is 0.109. The number of hydrogen-bond donors (Lipinski definition) is 0. The van der Waals surface area contributed by atoms with Gasteiger partial charge in [0.05, 0.1) is 19.8 Å². The van der Waals surface area contributed by atoms with Gasteiger partial charge in [-0.15, -0.1) is 5.06 Å². The quantitative estimate of drug-likeness (QED) is 0.770. The zero-order valence-electron chi connectivity index (χ0n) is 8.88. The fourth-order valence-electron chi connectivity index (χ4n) is 1.38. The van der Waals surface area contributed by atoms with E-state index in [0.29, 0.717) is 0 Å². The van der Waals surface area contributed by atoms with Crippen LogP contribution < -0.4 is 0 Å². The Labute approximate surface area is 98.4 Å². The summed E-state index contributed by atoms with van der Waals surface area (Å²) in [6.07, 6.45) is -3.97. The molecule has 0 N–H and O–H groups in total. The predicted molar refractivity (Wildman–Crippen MR) is 46.7 cm³/mol. The summed E-state index contributed by atoms with van der Waals surface area (Å²) in [6, 6.07) is -0.840.